The summed E-state index contributed by atoms with van der Waals surface area (Å²) in [6.45, 7) is 2.36. The van der Waals surface area contributed by atoms with E-state index in [1.165, 1.54) is 5.56 Å². The fourth-order valence-corrected chi connectivity index (χ4v) is 2.78. The molecule has 1 atom stereocenters. The first-order valence-corrected chi connectivity index (χ1v) is 7.25. The SMILES string of the molecule is FC(F)(F)c1ccc(C2NCCNCc3ccccc32)cc1. The molecule has 2 aromatic rings. The van der Waals surface area contributed by atoms with Crippen LogP contribution in [0.15, 0.2) is 48.5 Å². The third-order valence-corrected chi connectivity index (χ3v) is 3.90. The summed E-state index contributed by atoms with van der Waals surface area (Å²) in [5, 5.41) is 6.74. The normalized spacial score (nSPS) is 19.1. The Balaban J connectivity index is 1.96. The van der Waals surface area contributed by atoms with E-state index in [0.29, 0.717) is 0 Å². The van der Waals surface area contributed by atoms with Gasteiger partial charge in [-0.1, -0.05) is 36.4 Å². The van der Waals surface area contributed by atoms with Crippen LogP contribution in [0.25, 0.3) is 0 Å². The third-order valence-electron chi connectivity index (χ3n) is 3.90. The van der Waals surface area contributed by atoms with E-state index in [1.807, 2.05) is 24.3 Å². The molecule has 0 bridgehead atoms. The van der Waals surface area contributed by atoms with Crippen LogP contribution < -0.4 is 10.6 Å². The van der Waals surface area contributed by atoms with Crippen LogP contribution in [0.2, 0.25) is 0 Å². The van der Waals surface area contributed by atoms with Gasteiger partial charge < -0.3 is 10.6 Å². The van der Waals surface area contributed by atoms with Gasteiger partial charge in [-0.05, 0) is 28.8 Å². The van der Waals surface area contributed by atoms with Gasteiger partial charge in [0.05, 0.1) is 11.6 Å². The zero-order valence-electron chi connectivity index (χ0n) is 12.0. The van der Waals surface area contributed by atoms with Crippen molar-refractivity contribution in [1.82, 2.24) is 10.6 Å². The first-order chi connectivity index (χ1) is 10.6. The molecule has 0 aliphatic carbocycles. The summed E-state index contributed by atoms with van der Waals surface area (Å²) in [6, 6.07) is 13.3. The molecule has 1 unspecified atom stereocenters. The van der Waals surface area contributed by atoms with Crippen molar-refractivity contribution in [2.75, 3.05) is 13.1 Å². The summed E-state index contributed by atoms with van der Waals surface area (Å²) >= 11 is 0. The Kier molecular flexibility index (Phi) is 4.18. The van der Waals surface area contributed by atoms with Crippen LogP contribution in [0.5, 0.6) is 0 Å². The molecular weight excluding hydrogens is 289 g/mol. The highest BCUT2D eigenvalue weighted by Crippen LogP contribution is 2.31. The largest absolute Gasteiger partial charge is 0.416 e. The highest BCUT2D eigenvalue weighted by atomic mass is 19.4. The van der Waals surface area contributed by atoms with Crippen LogP contribution >= 0.6 is 0 Å². The Hall–Kier alpha value is -1.85. The molecular formula is C17H17F3N2. The van der Waals surface area contributed by atoms with Gasteiger partial charge in [0, 0.05) is 19.6 Å². The number of nitrogens with one attached hydrogen (secondary N) is 2. The Morgan fingerprint density at radius 3 is 2.36 bits per heavy atom. The summed E-state index contributed by atoms with van der Waals surface area (Å²) in [5.41, 5.74) is 2.51. The van der Waals surface area contributed by atoms with E-state index in [2.05, 4.69) is 10.6 Å². The third kappa shape index (κ3) is 3.15. The quantitative estimate of drug-likeness (QED) is 0.843. The average molecular weight is 306 g/mol. The second kappa shape index (κ2) is 6.10. The molecule has 22 heavy (non-hydrogen) atoms. The molecule has 0 amide bonds. The van der Waals surface area contributed by atoms with Gasteiger partial charge in [-0.15, -0.1) is 0 Å². The Bertz CT molecular complexity index is 635. The van der Waals surface area contributed by atoms with E-state index in [0.717, 1.165) is 42.9 Å². The molecule has 2 aromatic carbocycles. The number of fused-ring (bicyclic) bond motifs is 1. The maximum Gasteiger partial charge on any atom is 0.416 e. The molecule has 1 aliphatic heterocycles. The molecule has 1 heterocycles. The first kappa shape index (κ1) is 15.1. The van der Waals surface area contributed by atoms with Crippen LogP contribution in [-0.2, 0) is 12.7 Å². The second-order valence-electron chi connectivity index (χ2n) is 5.38. The summed E-state index contributed by atoms with van der Waals surface area (Å²) in [4.78, 5) is 0. The van der Waals surface area contributed by atoms with Gasteiger partial charge in [0.25, 0.3) is 0 Å². The van der Waals surface area contributed by atoms with Crippen molar-refractivity contribution in [1.29, 1.82) is 0 Å². The van der Waals surface area contributed by atoms with Gasteiger partial charge >= 0.3 is 6.18 Å². The maximum atomic E-state index is 12.7. The topological polar surface area (TPSA) is 24.1 Å². The van der Waals surface area contributed by atoms with Crippen molar-refractivity contribution in [3.05, 3.63) is 70.8 Å². The van der Waals surface area contributed by atoms with E-state index >= 15 is 0 Å². The molecule has 3 rings (SSSR count). The van der Waals surface area contributed by atoms with Gasteiger partial charge in [-0.2, -0.15) is 13.2 Å². The van der Waals surface area contributed by atoms with E-state index < -0.39 is 11.7 Å². The highest BCUT2D eigenvalue weighted by molar-refractivity contribution is 5.39. The summed E-state index contributed by atoms with van der Waals surface area (Å²) < 4.78 is 38.1. The van der Waals surface area contributed by atoms with Crippen molar-refractivity contribution in [3.8, 4) is 0 Å². The van der Waals surface area contributed by atoms with Crippen LogP contribution in [-0.4, -0.2) is 13.1 Å². The maximum absolute atomic E-state index is 12.7. The standard InChI is InChI=1S/C17H17F3N2/c18-17(19,20)14-7-5-12(6-8-14)16-15-4-2-1-3-13(15)11-21-9-10-22-16/h1-8,16,21-22H,9-11H2. The lowest BCUT2D eigenvalue weighted by Crippen LogP contribution is -2.34. The van der Waals surface area contributed by atoms with Crippen LogP contribution in [0.3, 0.4) is 0 Å². The molecule has 0 spiro atoms. The van der Waals surface area contributed by atoms with E-state index in [-0.39, 0.29) is 6.04 Å². The summed E-state index contributed by atoms with van der Waals surface area (Å²) in [6.07, 6.45) is -4.30. The molecule has 5 heteroatoms. The predicted octanol–water partition coefficient (Wildman–Crippen LogP) is 3.49. The minimum atomic E-state index is -4.30. The fourth-order valence-electron chi connectivity index (χ4n) is 2.78. The number of rotatable bonds is 1. The minimum Gasteiger partial charge on any atom is -0.311 e. The summed E-state index contributed by atoms with van der Waals surface area (Å²) in [5.74, 6) is 0. The molecule has 0 saturated carbocycles. The lowest BCUT2D eigenvalue weighted by Gasteiger charge is -2.25. The molecule has 2 nitrogen and oxygen atoms in total. The first-order valence-electron chi connectivity index (χ1n) is 7.25. The molecule has 0 fully saturated rings. The number of hydrogen-bond donors (Lipinski definition) is 2. The number of alkyl halides is 3. The van der Waals surface area contributed by atoms with Crippen molar-refractivity contribution >= 4 is 0 Å². The molecule has 0 saturated heterocycles. The predicted molar refractivity (Wildman–Crippen MR) is 79.4 cm³/mol. The van der Waals surface area contributed by atoms with Crippen LogP contribution in [0.4, 0.5) is 13.2 Å². The highest BCUT2D eigenvalue weighted by Gasteiger charge is 2.30. The molecule has 116 valence electrons. The smallest absolute Gasteiger partial charge is 0.311 e. The lowest BCUT2D eigenvalue weighted by molar-refractivity contribution is -0.137. The van der Waals surface area contributed by atoms with Crippen molar-refractivity contribution < 1.29 is 13.2 Å². The van der Waals surface area contributed by atoms with Gasteiger partial charge in [0.1, 0.15) is 0 Å². The van der Waals surface area contributed by atoms with Gasteiger partial charge in [0.15, 0.2) is 0 Å². The van der Waals surface area contributed by atoms with Crippen molar-refractivity contribution in [2.24, 2.45) is 0 Å². The number of benzene rings is 2. The van der Waals surface area contributed by atoms with Crippen LogP contribution in [0, 0.1) is 0 Å². The Morgan fingerprint density at radius 2 is 1.64 bits per heavy atom. The Labute approximate surface area is 127 Å². The molecule has 1 aliphatic rings. The lowest BCUT2D eigenvalue weighted by atomic mass is 9.93. The second-order valence-corrected chi connectivity index (χ2v) is 5.38. The van der Waals surface area contributed by atoms with E-state index in [9.17, 15) is 13.2 Å². The zero-order chi connectivity index (χ0) is 15.6. The van der Waals surface area contributed by atoms with Gasteiger partial charge in [-0.3, -0.25) is 0 Å². The van der Waals surface area contributed by atoms with Crippen molar-refractivity contribution in [3.63, 3.8) is 0 Å². The number of hydrogen-bond acceptors (Lipinski definition) is 2. The van der Waals surface area contributed by atoms with Crippen molar-refractivity contribution in [2.45, 2.75) is 18.8 Å². The average Bonchev–Trinajstić information content (AvgIpc) is 2.48. The van der Waals surface area contributed by atoms with Gasteiger partial charge in [0.2, 0.25) is 0 Å². The monoisotopic (exact) mass is 306 g/mol. The molecule has 2 N–H and O–H groups in total. The summed E-state index contributed by atoms with van der Waals surface area (Å²) in [7, 11) is 0. The molecule has 0 aromatic heterocycles. The minimum absolute atomic E-state index is 0.0828. The molecule has 0 radical (unpaired) electrons. The zero-order valence-corrected chi connectivity index (χ0v) is 12.0. The van der Waals surface area contributed by atoms with E-state index in [1.54, 1.807) is 12.1 Å². The Morgan fingerprint density at radius 1 is 0.909 bits per heavy atom. The van der Waals surface area contributed by atoms with E-state index in [4.69, 9.17) is 0 Å². The van der Waals surface area contributed by atoms with Crippen LogP contribution in [0.1, 0.15) is 28.3 Å². The fraction of sp³-hybridized carbons (Fsp3) is 0.294. The number of halogens is 3. The van der Waals surface area contributed by atoms with Gasteiger partial charge in [-0.25, -0.2) is 0 Å².